The van der Waals surface area contributed by atoms with Gasteiger partial charge in [-0.3, -0.25) is 0 Å². The second-order valence-corrected chi connectivity index (χ2v) is 7.43. The SMILES string of the molecule is Cc1cccc(Nc2nc(C)cc(Nc3ccc(N4CCCCC4)cc3)n2)c1. The van der Waals surface area contributed by atoms with Crippen LogP contribution in [-0.4, -0.2) is 23.1 Å². The molecule has 2 aromatic carbocycles. The number of aromatic nitrogens is 2. The summed E-state index contributed by atoms with van der Waals surface area (Å²) in [5, 5.41) is 6.70. The van der Waals surface area contributed by atoms with Crippen molar-refractivity contribution in [3.8, 4) is 0 Å². The first-order chi connectivity index (χ1) is 13.7. The highest BCUT2D eigenvalue weighted by atomic mass is 15.1. The smallest absolute Gasteiger partial charge is 0.229 e. The van der Waals surface area contributed by atoms with Gasteiger partial charge in [0, 0.05) is 41.9 Å². The molecule has 5 heteroatoms. The van der Waals surface area contributed by atoms with Crippen LogP contribution in [0.1, 0.15) is 30.5 Å². The summed E-state index contributed by atoms with van der Waals surface area (Å²) in [5.41, 5.74) is 5.43. The summed E-state index contributed by atoms with van der Waals surface area (Å²) in [6.07, 6.45) is 3.93. The van der Waals surface area contributed by atoms with E-state index in [9.17, 15) is 0 Å². The van der Waals surface area contributed by atoms with E-state index in [0.29, 0.717) is 5.95 Å². The lowest BCUT2D eigenvalue weighted by Crippen LogP contribution is -2.29. The number of rotatable bonds is 5. The molecule has 3 aromatic rings. The van der Waals surface area contributed by atoms with Crippen LogP contribution in [0.5, 0.6) is 0 Å². The number of nitrogens with zero attached hydrogens (tertiary/aromatic N) is 3. The molecule has 0 spiro atoms. The number of aryl methyl sites for hydroxylation is 2. The highest BCUT2D eigenvalue weighted by Gasteiger charge is 2.11. The van der Waals surface area contributed by atoms with Crippen LogP contribution < -0.4 is 15.5 Å². The van der Waals surface area contributed by atoms with Crippen molar-refractivity contribution in [1.82, 2.24) is 9.97 Å². The average molecular weight is 374 g/mol. The van der Waals surface area contributed by atoms with Crippen molar-refractivity contribution < 1.29 is 0 Å². The fourth-order valence-corrected chi connectivity index (χ4v) is 3.60. The first-order valence-corrected chi connectivity index (χ1v) is 9.97. The highest BCUT2D eigenvalue weighted by molar-refractivity contribution is 5.63. The van der Waals surface area contributed by atoms with Gasteiger partial charge in [0.05, 0.1) is 0 Å². The summed E-state index contributed by atoms with van der Waals surface area (Å²) < 4.78 is 0. The largest absolute Gasteiger partial charge is 0.372 e. The van der Waals surface area contributed by atoms with Crippen molar-refractivity contribution >= 4 is 28.8 Å². The van der Waals surface area contributed by atoms with Crippen molar-refractivity contribution in [2.75, 3.05) is 28.6 Å². The normalized spacial score (nSPS) is 14.0. The molecule has 0 bridgehead atoms. The minimum atomic E-state index is 0.595. The van der Waals surface area contributed by atoms with Crippen molar-refractivity contribution in [2.24, 2.45) is 0 Å². The fourth-order valence-electron chi connectivity index (χ4n) is 3.60. The Balaban J connectivity index is 1.47. The molecule has 1 aromatic heterocycles. The Morgan fingerprint density at radius 3 is 2.32 bits per heavy atom. The van der Waals surface area contributed by atoms with Crippen LogP contribution >= 0.6 is 0 Å². The predicted molar refractivity (Wildman–Crippen MR) is 117 cm³/mol. The van der Waals surface area contributed by atoms with Gasteiger partial charge in [0.25, 0.3) is 0 Å². The van der Waals surface area contributed by atoms with Gasteiger partial charge < -0.3 is 15.5 Å². The molecule has 28 heavy (non-hydrogen) atoms. The van der Waals surface area contributed by atoms with E-state index in [2.05, 4.69) is 68.8 Å². The number of nitrogens with one attached hydrogen (secondary N) is 2. The van der Waals surface area contributed by atoms with E-state index in [0.717, 1.165) is 36.0 Å². The van der Waals surface area contributed by atoms with Crippen LogP contribution in [0.25, 0.3) is 0 Å². The number of piperidine rings is 1. The summed E-state index contributed by atoms with van der Waals surface area (Å²) in [6, 6.07) is 18.8. The van der Waals surface area contributed by atoms with Crippen molar-refractivity contribution in [2.45, 2.75) is 33.1 Å². The topological polar surface area (TPSA) is 53.1 Å². The number of hydrogen-bond donors (Lipinski definition) is 2. The molecule has 2 N–H and O–H groups in total. The first kappa shape index (κ1) is 18.3. The molecule has 0 radical (unpaired) electrons. The van der Waals surface area contributed by atoms with Gasteiger partial charge in [-0.25, -0.2) is 4.98 Å². The van der Waals surface area contributed by atoms with Crippen LogP contribution in [0.15, 0.2) is 54.6 Å². The molecule has 1 saturated heterocycles. The minimum absolute atomic E-state index is 0.595. The Kier molecular flexibility index (Phi) is 5.42. The Bertz CT molecular complexity index is 930. The van der Waals surface area contributed by atoms with E-state index < -0.39 is 0 Å². The van der Waals surface area contributed by atoms with Crippen LogP contribution in [0.3, 0.4) is 0 Å². The maximum absolute atomic E-state index is 4.62. The maximum Gasteiger partial charge on any atom is 0.229 e. The van der Waals surface area contributed by atoms with Crippen LogP contribution in [0.2, 0.25) is 0 Å². The van der Waals surface area contributed by atoms with Gasteiger partial charge >= 0.3 is 0 Å². The molecule has 0 unspecified atom stereocenters. The maximum atomic E-state index is 4.62. The van der Waals surface area contributed by atoms with E-state index in [1.807, 2.05) is 25.1 Å². The van der Waals surface area contributed by atoms with E-state index in [4.69, 9.17) is 0 Å². The summed E-state index contributed by atoms with van der Waals surface area (Å²) in [5.74, 6) is 1.38. The van der Waals surface area contributed by atoms with Crippen molar-refractivity contribution in [3.05, 3.63) is 65.9 Å². The molecule has 2 heterocycles. The summed E-state index contributed by atoms with van der Waals surface area (Å²) in [6.45, 7) is 6.37. The van der Waals surface area contributed by atoms with E-state index in [1.54, 1.807) is 0 Å². The predicted octanol–water partition coefficient (Wildman–Crippen LogP) is 5.57. The second-order valence-electron chi connectivity index (χ2n) is 7.43. The summed E-state index contributed by atoms with van der Waals surface area (Å²) in [7, 11) is 0. The highest BCUT2D eigenvalue weighted by Crippen LogP contribution is 2.24. The van der Waals surface area contributed by atoms with Gasteiger partial charge in [0.2, 0.25) is 5.95 Å². The molecule has 1 fully saturated rings. The fraction of sp³-hybridized carbons (Fsp3) is 0.304. The van der Waals surface area contributed by atoms with Crippen LogP contribution in [-0.2, 0) is 0 Å². The number of anilines is 5. The van der Waals surface area contributed by atoms with Gasteiger partial charge in [-0.2, -0.15) is 4.98 Å². The van der Waals surface area contributed by atoms with E-state index in [-0.39, 0.29) is 0 Å². The van der Waals surface area contributed by atoms with Gasteiger partial charge in [0.15, 0.2) is 0 Å². The van der Waals surface area contributed by atoms with Crippen LogP contribution in [0.4, 0.5) is 28.8 Å². The molecule has 0 aliphatic carbocycles. The molecule has 1 aliphatic rings. The van der Waals surface area contributed by atoms with Crippen LogP contribution in [0, 0.1) is 13.8 Å². The lowest BCUT2D eigenvalue weighted by atomic mass is 10.1. The third kappa shape index (κ3) is 4.60. The van der Waals surface area contributed by atoms with Crippen molar-refractivity contribution in [3.63, 3.8) is 0 Å². The minimum Gasteiger partial charge on any atom is -0.372 e. The Morgan fingerprint density at radius 2 is 1.57 bits per heavy atom. The first-order valence-electron chi connectivity index (χ1n) is 9.97. The zero-order chi connectivity index (χ0) is 19.3. The molecule has 0 saturated carbocycles. The standard InChI is InChI=1S/C23H27N5/c1-17-7-6-8-20(15-17)26-23-24-18(2)16-22(27-23)25-19-9-11-21(12-10-19)28-13-4-3-5-14-28/h6-12,15-16H,3-5,13-14H2,1-2H3,(H2,24,25,26,27). The van der Waals surface area contributed by atoms with Gasteiger partial charge in [-0.1, -0.05) is 12.1 Å². The third-order valence-corrected chi connectivity index (χ3v) is 4.99. The monoisotopic (exact) mass is 373 g/mol. The molecular formula is C23H27N5. The van der Waals surface area contributed by atoms with Gasteiger partial charge in [0.1, 0.15) is 5.82 Å². The van der Waals surface area contributed by atoms with E-state index >= 15 is 0 Å². The lowest BCUT2D eigenvalue weighted by molar-refractivity contribution is 0.578. The zero-order valence-electron chi connectivity index (χ0n) is 16.6. The summed E-state index contributed by atoms with van der Waals surface area (Å²) in [4.78, 5) is 11.6. The summed E-state index contributed by atoms with van der Waals surface area (Å²) >= 11 is 0. The molecule has 144 valence electrons. The molecule has 1 aliphatic heterocycles. The second kappa shape index (κ2) is 8.30. The zero-order valence-corrected chi connectivity index (χ0v) is 16.6. The van der Waals surface area contributed by atoms with Crippen molar-refractivity contribution in [1.29, 1.82) is 0 Å². The van der Waals surface area contributed by atoms with Gasteiger partial charge in [-0.05, 0) is 75.1 Å². The average Bonchev–Trinajstić information content (AvgIpc) is 2.69. The molecular weight excluding hydrogens is 346 g/mol. The Hall–Kier alpha value is -3.08. The molecule has 4 rings (SSSR count). The van der Waals surface area contributed by atoms with Gasteiger partial charge in [-0.15, -0.1) is 0 Å². The number of benzene rings is 2. The molecule has 5 nitrogen and oxygen atoms in total. The third-order valence-electron chi connectivity index (χ3n) is 4.99. The lowest BCUT2D eigenvalue weighted by Gasteiger charge is -2.28. The Labute approximate surface area is 166 Å². The molecule has 0 amide bonds. The molecule has 0 atom stereocenters. The number of hydrogen-bond acceptors (Lipinski definition) is 5. The quantitative estimate of drug-likeness (QED) is 0.612. The Morgan fingerprint density at radius 1 is 0.786 bits per heavy atom. The van der Waals surface area contributed by atoms with E-state index in [1.165, 1.54) is 30.5 Å².